The molecule has 0 aliphatic heterocycles. The summed E-state index contributed by atoms with van der Waals surface area (Å²) >= 11 is 5.85. The van der Waals surface area contributed by atoms with Gasteiger partial charge in [0.1, 0.15) is 10.8 Å². The molecule has 3 rings (SSSR count). The van der Waals surface area contributed by atoms with E-state index in [2.05, 4.69) is 17.1 Å². The van der Waals surface area contributed by atoms with E-state index < -0.39 is 0 Å². The highest BCUT2D eigenvalue weighted by Crippen LogP contribution is 2.20. The van der Waals surface area contributed by atoms with Crippen LogP contribution in [0.25, 0.3) is 16.8 Å². The Labute approximate surface area is 98.1 Å². The van der Waals surface area contributed by atoms with Crippen LogP contribution in [0.15, 0.2) is 54.9 Å². The Balaban J connectivity index is 2.18. The van der Waals surface area contributed by atoms with Gasteiger partial charge in [-0.1, -0.05) is 41.9 Å². The van der Waals surface area contributed by atoms with E-state index in [-0.39, 0.29) is 0 Å². The average Bonchev–Trinajstić information content (AvgIpc) is 2.69. The minimum Gasteiger partial charge on any atom is -0.305 e. The molecule has 0 saturated heterocycles. The second kappa shape index (κ2) is 3.65. The Bertz CT molecular complexity index is 629. The number of pyridine rings is 1. The Morgan fingerprint density at radius 2 is 1.69 bits per heavy atom. The Morgan fingerprint density at radius 3 is 2.50 bits per heavy atom. The maximum Gasteiger partial charge on any atom is 0.148 e. The molecule has 16 heavy (non-hydrogen) atoms. The molecule has 3 aromatic rings. The minimum absolute atomic E-state index is 0.519. The number of halogens is 1. The predicted molar refractivity (Wildman–Crippen MR) is 65.6 cm³/mol. The van der Waals surface area contributed by atoms with E-state index in [1.807, 2.05) is 47.1 Å². The van der Waals surface area contributed by atoms with Gasteiger partial charge in [-0.3, -0.25) is 0 Å². The van der Waals surface area contributed by atoms with Crippen molar-refractivity contribution in [2.75, 3.05) is 0 Å². The molecule has 0 radical (unpaired) electrons. The highest BCUT2D eigenvalue weighted by Gasteiger charge is 2.01. The highest BCUT2D eigenvalue weighted by atomic mass is 35.5. The lowest BCUT2D eigenvalue weighted by Gasteiger charge is -2.01. The molecule has 3 heteroatoms. The standard InChI is InChI=1S/C13H9ClN2/c14-12-9-16-8-11(6-7-13(16)15-12)10-4-2-1-3-5-10/h1-9H. The monoisotopic (exact) mass is 228 g/mol. The normalized spacial score (nSPS) is 10.8. The number of hydrogen-bond donors (Lipinski definition) is 0. The van der Waals surface area contributed by atoms with Crippen LogP contribution in [-0.2, 0) is 0 Å². The highest BCUT2D eigenvalue weighted by molar-refractivity contribution is 6.29. The van der Waals surface area contributed by atoms with Gasteiger partial charge in [0.05, 0.1) is 0 Å². The van der Waals surface area contributed by atoms with Gasteiger partial charge in [0.15, 0.2) is 0 Å². The van der Waals surface area contributed by atoms with Crippen molar-refractivity contribution in [3.63, 3.8) is 0 Å². The molecule has 2 heterocycles. The molecule has 0 amide bonds. The van der Waals surface area contributed by atoms with Crippen LogP contribution in [0.5, 0.6) is 0 Å². The molecule has 0 bridgehead atoms. The van der Waals surface area contributed by atoms with Crippen LogP contribution < -0.4 is 0 Å². The van der Waals surface area contributed by atoms with E-state index in [0.29, 0.717) is 5.15 Å². The molecule has 0 saturated carbocycles. The van der Waals surface area contributed by atoms with Crippen molar-refractivity contribution < 1.29 is 0 Å². The molecule has 0 aliphatic rings. The van der Waals surface area contributed by atoms with Gasteiger partial charge in [0.25, 0.3) is 0 Å². The zero-order valence-corrected chi connectivity index (χ0v) is 9.22. The molecule has 1 aromatic carbocycles. The summed E-state index contributed by atoms with van der Waals surface area (Å²) in [6, 6.07) is 14.2. The summed E-state index contributed by atoms with van der Waals surface area (Å²) < 4.78 is 1.94. The zero-order valence-electron chi connectivity index (χ0n) is 8.47. The molecule has 0 spiro atoms. The fourth-order valence-electron chi connectivity index (χ4n) is 1.76. The second-order valence-electron chi connectivity index (χ2n) is 3.61. The van der Waals surface area contributed by atoms with E-state index in [1.165, 1.54) is 5.56 Å². The molecule has 2 aromatic heterocycles. The van der Waals surface area contributed by atoms with Gasteiger partial charge in [-0.25, -0.2) is 4.98 Å². The number of rotatable bonds is 1. The molecular weight excluding hydrogens is 220 g/mol. The van der Waals surface area contributed by atoms with E-state index in [1.54, 1.807) is 0 Å². The predicted octanol–water partition coefficient (Wildman–Crippen LogP) is 3.65. The average molecular weight is 229 g/mol. The van der Waals surface area contributed by atoms with E-state index in [4.69, 9.17) is 11.6 Å². The van der Waals surface area contributed by atoms with Gasteiger partial charge in [-0.15, -0.1) is 0 Å². The summed E-state index contributed by atoms with van der Waals surface area (Å²) in [5.74, 6) is 0. The maximum atomic E-state index is 5.85. The van der Waals surface area contributed by atoms with Crippen molar-refractivity contribution in [2.24, 2.45) is 0 Å². The van der Waals surface area contributed by atoms with E-state index in [9.17, 15) is 0 Å². The summed E-state index contributed by atoms with van der Waals surface area (Å²) in [4.78, 5) is 4.18. The van der Waals surface area contributed by atoms with Crippen LogP contribution in [0.4, 0.5) is 0 Å². The van der Waals surface area contributed by atoms with Gasteiger partial charge < -0.3 is 4.40 Å². The second-order valence-corrected chi connectivity index (χ2v) is 4.00. The molecule has 0 fully saturated rings. The zero-order chi connectivity index (χ0) is 11.0. The van der Waals surface area contributed by atoms with Crippen molar-refractivity contribution >= 4 is 17.2 Å². The van der Waals surface area contributed by atoms with Gasteiger partial charge in [0, 0.05) is 12.4 Å². The minimum atomic E-state index is 0.519. The van der Waals surface area contributed by atoms with Crippen molar-refractivity contribution in [1.82, 2.24) is 9.38 Å². The van der Waals surface area contributed by atoms with Gasteiger partial charge in [-0.2, -0.15) is 0 Å². The third kappa shape index (κ3) is 1.57. The smallest absolute Gasteiger partial charge is 0.148 e. The lowest BCUT2D eigenvalue weighted by Crippen LogP contribution is -1.84. The SMILES string of the molecule is Clc1cn2cc(-c3ccccc3)ccc2n1. The molecule has 2 nitrogen and oxygen atoms in total. The number of imidazole rings is 1. The molecule has 78 valence electrons. The number of nitrogens with zero attached hydrogens (tertiary/aromatic N) is 2. The van der Waals surface area contributed by atoms with Gasteiger partial charge >= 0.3 is 0 Å². The van der Waals surface area contributed by atoms with Crippen molar-refractivity contribution in [1.29, 1.82) is 0 Å². The van der Waals surface area contributed by atoms with Crippen LogP contribution in [0.3, 0.4) is 0 Å². The molecule has 0 atom stereocenters. The van der Waals surface area contributed by atoms with Crippen molar-refractivity contribution in [3.05, 3.63) is 60.0 Å². The number of fused-ring (bicyclic) bond motifs is 1. The molecule has 0 unspecified atom stereocenters. The van der Waals surface area contributed by atoms with E-state index in [0.717, 1.165) is 11.2 Å². The maximum absolute atomic E-state index is 5.85. The summed E-state index contributed by atoms with van der Waals surface area (Å²) in [5, 5.41) is 0.519. The molecule has 0 aliphatic carbocycles. The van der Waals surface area contributed by atoms with E-state index >= 15 is 0 Å². The van der Waals surface area contributed by atoms with Crippen LogP contribution in [0.1, 0.15) is 0 Å². The first kappa shape index (κ1) is 9.43. The lowest BCUT2D eigenvalue weighted by molar-refractivity contribution is 1.19. The quantitative estimate of drug-likeness (QED) is 0.621. The van der Waals surface area contributed by atoms with Gasteiger partial charge in [0.2, 0.25) is 0 Å². The van der Waals surface area contributed by atoms with Crippen LogP contribution in [-0.4, -0.2) is 9.38 Å². The first-order chi connectivity index (χ1) is 7.83. The fraction of sp³-hybridized carbons (Fsp3) is 0. The number of aromatic nitrogens is 2. The lowest BCUT2D eigenvalue weighted by atomic mass is 10.1. The Kier molecular flexibility index (Phi) is 2.15. The van der Waals surface area contributed by atoms with Crippen molar-refractivity contribution in [2.45, 2.75) is 0 Å². The molecular formula is C13H9ClN2. The Hall–Kier alpha value is -1.80. The van der Waals surface area contributed by atoms with Gasteiger partial charge in [-0.05, 0) is 23.3 Å². The van der Waals surface area contributed by atoms with Crippen LogP contribution >= 0.6 is 11.6 Å². The third-order valence-corrected chi connectivity index (χ3v) is 2.71. The van der Waals surface area contributed by atoms with Crippen molar-refractivity contribution in [3.8, 4) is 11.1 Å². The first-order valence-corrected chi connectivity index (χ1v) is 5.40. The van der Waals surface area contributed by atoms with Crippen LogP contribution in [0, 0.1) is 0 Å². The largest absolute Gasteiger partial charge is 0.305 e. The Morgan fingerprint density at radius 1 is 0.875 bits per heavy atom. The summed E-state index contributed by atoms with van der Waals surface area (Å²) in [7, 11) is 0. The number of hydrogen-bond acceptors (Lipinski definition) is 1. The summed E-state index contributed by atoms with van der Waals surface area (Å²) in [6.07, 6.45) is 3.84. The third-order valence-electron chi connectivity index (χ3n) is 2.53. The molecule has 0 N–H and O–H groups in total. The number of benzene rings is 1. The van der Waals surface area contributed by atoms with Crippen LogP contribution in [0.2, 0.25) is 5.15 Å². The fourth-order valence-corrected chi connectivity index (χ4v) is 1.95. The summed E-state index contributed by atoms with van der Waals surface area (Å²) in [6.45, 7) is 0. The topological polar surface area (TPSA) is 17.3 Å². The summed E-state index contributed by atoms with van der Waals surface area (Å²) in [5.41, 5.74) is 3.21. The first-order valence-electron chi connectivity index (χ1n) is 5.02.